The van der Waals surface area contributed by atoms with Crippen LogP contribution in [0.15, 0.2) is 22.7 Å². The Hall–Kier alpha value is -0.780. The molecule has 0 spiro atoms. The molecule has 0 bridgehead atoms. The van der Waals surface area contributed by atoms with Crippen LogP contribution in [0.4, 0.5) is 0 Å². The van der Waals surface area contributed by atoms with E-state index in [1.54, 1.807) is 7.11 Å². The van der Waals surface area contributed by atoms with Crippen LogP contribution in [-0.4, -0.2) is 26.1 Å². The first-order chi connectivity index (χ1) is 10.2. The van der Waals surface area contributed by atoms with Crippen molar-refractivity contribution in [3.05, 3.63) is 28.2 Å². The molecule has 1 aliphatic rings. The number of halogens is 2. The Balaban J connectivity index is 0.00000242. The number of nitrogens with one attached hydrogen (secondary N) is 2. The minimum Gasteiger partial charge on any atom is -0.497 e. The van der Waals surface area contributed by atoms with Crippen molar-refractivity contribution in [1.29, 1.82) is 0 Å². The number of carbonyl (C=O) groups excluding carboxylic acids is 1. The summed E-state index contributed by atoms with van der Waals surface area (Å²) in [6, 6.07) is 5.78. The summed E-state index contributed by atoms with van der Waals surface area (Å²) in [5, 5.41) is 6.34. The minimum atomic E-state index is 0. The summed E-state index contributed by atoms with van der Waals surface area (Å²) < 4.78 is 6.19. The molecular formula is C16H24BrClN2O2. The lowest BCUT2D eigenvalue weighted by Gasteiger charge is -2.22. The normalized spacial score (nSPS) is 15.0. The van der Waals surface area contributed by atoms with Gasteiger partial charge in [0, 0.05) is 17.4 Å². The molecule has 2 N–H and O–H groups in total. The van der Waals surface area contributed by atoms with Crippen LogP contribution in [0.5, 0.6) is 5.75 Å². The molecule has 0 saturated carbocycles. The quantitative estimate of drug-likeness (QED) is 0.782. The lowest BCUT2D eigenvalue weighted by molar-refractivity contribution is -0.121. The van der Waals surface area contributed by atoms with Gasteiger partial charge in [-0.15, -0.1) is 12.4 Å². The maximum absolute atomic E-state index is 12.0. The molecule has 4 nitrogen and oxygen atoms in total. The molecule has 1 saturated heterocycles. The van der Waals surface area contributed by atoms with E-state index in [4.69, 9.17) is 4.74 Å². The molecule has 0 atom stereocenters. The van der Waals surface area contributed by atoms with Crippen molar-refractivity contribution in [3.8, 4) is 5.75 Å². The average molecular weight is 392 g/mol. The van der Waals surface area contributed by atoms with Crippen LogP contribution >= 0.6 is 28.3 Å². The van der Waals surface area contributed by atoms with Crippen molar-refractivity contribution in [2.24, 2.45) is 5.92 Å². The molecule has 1 heterocycles. The number of carbonyl (C=O) groups is 1. The Kier molecular flexibility index (Phi) is 8.83. The van der Waals surface area contributed by atoms with E-state index in [1.165, 1.54) is 12.8 Å². The lowest BCUT2D eigenvalue weighted by atomic mass is 9.93. The van der Waals surface area contributed by atoms with E-state index in [0.717, 1.165) is 35.3 Å². The molecule has 0 aliphatic carbocycles. The molecule has 1 aromatic rings. The summed E-state index contributed by atoms with van der Waals surface area (Å²) in [6.45, 7) is 2.70. The van der Waals surface area contributed by atoms with Crippen LogP contribution in [-0.2, 0) is 11.3 Å². The van der Waals surface area contributed by atoms with Gasteiger partial charge < -0.3 is 15.4 Å². The second-order valence-corrected chi connectivity index (χ2v) is 6.32. The Morgan fingerprint density at radius 1 is 1.41 bits per heavy atom. The third-order valence-corrected chi connectivity index (χ3v) is 4.74. The number of ether oxygens (including phenoxy) is 1. The summed E-state index contributed by atoms with van der Waals surface area (Å²) in [5.74, 6) is 1.63. The molecule has 1 aliphatic heterocycles. The smallest absolute Gasteiger partial charge is 0.220 e. The standard InChI is InChI=1S/C16H23BrN2O2.ClH/c1-21-14-3-4-15(17)13(10-14)11-19-16(20)5-2-12-6-8-18-9-7-12;/h3-4,10,12,18H,2,5-9,11H2,1H3,(H,19,20);1H. The van der Waals surface area contributed by atoms with Gasteiger partial charge in [-0.05, 0) is 62.0 Å². The van der Waals surface area contributed by atoms with E-state index < -0.39 is 0 Å². The van der Waals surface area contributed by atoms with Gasteiger partial charge in [0.05, 0.1) is 7.11 Å². The molecule has 2 rings (SSSR count). The van der Waals surface area contributed by atoms with Gasteiger partial charge in [-0.25, -0.2) is 0 Å². The Morgan fingerprint density at radius 2 is 2.14 bits per heavy atom. The highest BCUT2D eigenvalue weighted by Gasteiger charge is 2.14. The van der Waals surface area contributed by atoms with Gasteiger partial charge in [0.25, 0.3) is 0 Å². The van der Waals surface area contributed by atoms with Crippen molar-refractivity contribution in [2.45, 2.75) is 32.2 Å². The number of amides is 1. The third kappa shape index (κ3) is 6.15. The van der Waals surface area contributed by atoms with E-state index in [-0.39, 0.29) is 18.3 Å². The first-order valence-corrected chi connectivity index (χ1v) is 8.28. The van der Waals surface area contributed by atoms with Crippen LogP contribution in [0.3, 0.4) is 0 Å². The Morgan fingerprint density at radius 3 is 2.82 bits per heavy atom. The highest BCUT2D eigenvalue weighted by atomic mass is 79.9. The predicted molar refractivity (Wildman–Crippen MR) is 94.6 cm³/mol. The Labute approximate surface area is 146 Å². The van der Waals surface area contributed by atoms with Crippen LogP contribution in [0.25, 0.3) is 0 Å². The molecule has 0 radical (unpaired) electrons. The molecular weight excluding hydrogens is 368 g/mol. The first kappa shape index (κ1) is 19.3. The van der Waals surface area contributed by atoms with Gasteiger partial charge in [-0.1, -0.05) is 15.9 Å². The highest BCUT2D eigenvalue weighted by Crippen LogP contribution is 2.22. The number of hydrogen-bond donors (Lipinski definition) is 2. The molecule has 1 aromatic carbocycles. The summed E-state index contributed by atoms with van der Waals surface area (Å²) in [6.07, 6.45) is 3.99. The topological polar surface area (TPSA) is 50.4 Å². The third-order valence-electron chi connectivity index (χ3n) is 3.97. The summed E-state index contributed by atoms with van der Waals surface area (Å²) in [7, 11) is 1.64. The molecule has 124 valence electrons. The van der Waals surface area contributed by atoms with Crippen LogP contribution in [0, 0.1) is 5.92 Å². The first-order valence-electron chi connectivity index (χ1n) is 7.49. The van der Waals surface area contributed by atoms with E-state index in [9.17, 15) is 4.79 Å². The zero-order valence-corrected chi connectivity index (χ0v) is 15.3. The molecule has 0 aromatic heterocycles. The van der Waals surface area contributed by atoms with E-state index >= 15 is 0 Å². The van der Waals surface area contributed by atoms with Gasteiger partial charge in [0.15, 0.2) is 0 Å². The van der Waals surface area contributed by atoms with Gasteiger partial charge in [-0.3, -0.25) is 4.79 Å². The number of piperidine rings is 1. The van der Waals surface area contributed by atoms with Gasteiger partial charge in [0.1, 0.15) is 5.75 Å². The van der Waals surface area contributed by atoms with Crippen molar-refractivity contribution >= 4 is 34.2 Å². The summed E-state index contributed by atoms with van der Waals surface area (Å²) in [5.41, 5.74) is 1.03. The second-order valence-electron chi connectivity index (χ2n) is 5.47. The largest absolute Gasteiger partial charge is 0.497 e. The zero-order valence-electron chi connectivity index (χ0n) is 12.9. The second kappa shape index (κ2) is 10.1. The van der Waals surface area contributed by atoms with Gasteiger partial charge >= 0.3 is 0 Å². The number of hydrogen-bond acceptors (Lipinski definition) is 3. The van der Waals surface area contributed by atoms with Crippen LogP contribution in [0.2, 0.25) is 0 Å². The molecule has 1 fully saturated rings. The van der Waals surface area contributed by atoms with Crippen LogP contribution < -0.4 is 15.4 Å². The van der Waals surface area contributed by atoms with Crippen molar-refractivity contribution < 1.29 is 9.53 Å². The van der Waals surface area contributed by atoms with E-state index in [2.05, 4.69) is 26.6 Å². The number of benzene rings is 1. The van der Waals surface area contributed by atoms with Crippen molar-refractivity contribution in [1.82, 2.24) is 10.6 Å². The molecule has 6 heteroatoms. The predicted octanol–water partition coefficient (Wildman–Crippen LogP) is 3.28. The van der Waals surface area contributed by atoms with Crippen molar-refractivity contribution in [3.63, 3.8) is 0 Å². The molecule has 1 amide bonds. The summed E-state index contributed by atoms with van der Waals surface area (Å²) >= 11 is 3.50. The maximum atomic E-state index is 12.0. The fourth-order valence-corrected chi connectivity index (χ4v) is 2.99. The van der Waals surface area contributed by atoms with E-state index in [1.807, 2.05) is 18.2 Å². The maximum Gasteiger partial charge on any atom is 0.220 e. The van der Waals surface area contributed by atoms with E-state index in [0.29, 0.717) is 18.9 Å². The SMILES string of the molecule is COc1ccc(Br)c(CNC(=O)CCC2CCNCC2)c1.Cl. The fraction of sp³-hybridized carbons (Fsp3) is 0.562. The number of methoxy groups -OCH3 is 1. The zero-order chi connectivity index (χ0) is 15.1. The van der Waals surface area contributed by atoms with Crippen LogP contribution in [0.1, 0.15) is 31.2 Å². The molecule has 0 unspecified atom stereocenters. The number of rotatable bonds is 6. The van der Waals surface area contributed by atoms with Crippen molar-refractivity contribution in [2.75, 3.05) is 20.2 Å². The monoisotopic (exact) mass is 390 g/mol. The van der Waals surface area contributed by atoms with Gasteiger partial charge in [-0.2, -0.15) is 0 Å². The lowest BCUT2D eigenvalue weighted by Crippen LogP contribution is -2.29. The minimum absolute atomic E-state index is 0. The fourth-order valence-electron chi connectivity index (χ4n) is 2.60. The average Bonchev–Trinajstić information content (AvgIpc) is 2.53. The Bertz CT molecular complexity index is 479. The molecule has 22 heavy (non-hydrogen) atoms. The highest BCUT2D eigenvalue weighted by molar-refractivity contribution is 9.10. The van der Waals surface area contributed by atoms with Gasteiger partial charge in [0.2, 0.25) is 5.91 Å². The summed E-state index contributed by atoms with van der Waals surface area (Å²) in [4.78, 5) is 12.0.